The van der Waals surface area contributed by atoms with Gasteiger partial charge in [0.2, 0.25) is 0 Å². The number of carbonyl (C=O) groups is 1. The van der Waals surface area contributed by atoms with E-state index in [0.29, 0.717) is 18.8 Å². The van der Waals surface area contributed by atoms with Gasteiger partial charge in [0.25, 0.3) is 5.91 Å². The highest BCUT2D eigenvalue weighted by Crippen LogP contribution is 2.09. The van der Waals surface area contributed by atoms with Gasteiger partial charge in [-0.3, -0.25) is 4.79 Å². The third kappa shape index (κ3) is 3.68. The maximum atomic E-state index is 11.8. The maximum absolute atomic E-state index is 11.8. The SMILES string of the molecule is CNc1ccc(C(=O)NCCc2ccc(O)cc2)nn1. The molecule has 0 saturated carbocycles. The van der Waals surface area contributed by atoms with E-state index < -0.39 is 0 Å². The molecule has 1 aromatic carbocycles. The molecule has 0 spiro atoms. The van der Waals surface area contributed by atoms with E-state index in [4.69, 9.17) is 0 Å². The van der Waals surface area contributed by atoms with Gasteiger partial charge in [0.05, 0.1) is 0 Å². The van der Waals surface area contributed by atoms with Crippen LogP contribution >= 0.6 is 0 Å². The van der Waals surface area contributed by atoms with E-state index in [9.17, 15) is 9.90 Å². The second-order valence-electron chi connectivity index (χ2n) is 4.23. The summed E-state index contributed by atoms with van der Waals surface area (Å²) < 4.78 is 0. The van der Waals surface area contributed by atoms with Crippen molar-refractivity contribution in [3.8, 4) is 5.75 Å². The highest BCUT2D eigenvalue weighted by Gasteiger charge is 2.07. The maximum Gasteiger partial charge on any atom is 0.271 e. The number of phenols is 1. The second kappa shape index (κ2) is 6.51. The topological polar surface area (TPSA) is 87.1 Å². The van der Waals surface area contributed by atoms with Crippen LogP contribution < -0.4 is 10.6 Å². The zero-order chi connectivity index (χ0) is 14.4. The number of benzene rings is 1. The van der Waals surface area contributed by atoms with Crippen LogP contribution in [0.25, 0.3) is 0 Å². The summed E-state index contributed by atoms with van der Waals surface area (Å²) in [7, 11) is 1.74. The number of rotatable bonds is 5. The van der Waals surface area contributed by atoms with Crippen molar-refractivity contribution in [2.75, 3.05) is 18.9 Å². The molecule has 1 heterocycles. The van der Waals surface area contributed by atoms with Crippen molar-refractivity contribution < 1.29 is 9.90 Å². The summed E-state index contributed by atoms with van der Waals surface area (Å²) in [6, 6.07) is 10.2. The van der Waals surface area contributed by atoms with E-state index in [2.05, 4.69) is 20.8 Å². The fourth-order valence-corrected chi connectivity index (χ4v) is 1.66. The first-order chi connectivity index (χ1) is 9.69. The Bertz CT molecular complexity index is 567. The number of nitrogens with one attached hydrogen (secondary N) is 2. The Balaban J connectivity index is 1.83. The van der Waals surface area contributed by atoms with Gasteiger partial charge in [-0.15, -0.1) is 10.2 Å². The molecule has 0 aliphatic carbocycles. The predicted octanol–water partition coefficient (Wildman–Crippen LogP) is 1.20. The summed E-state index contributed by atoms with van der Waals surface area (Å²) >= 11 is 0. The fourth-order valence-electron chi connectivity index (χ4n) is 1.66. The smallest absolute Gasteiger partial charge is 0.271 e. The van der Waals surface area contributed by atoms with Gasteiger partial charge in [0, 0.05) is 13.6 Å². The summed E-state index contributed by atoms with van der Waals surface area (Å²) in [6.07, 6.45) is 0.689. The van der Waals surface area contributed by atoms with Crippen LogP contribution in [0, 0.1) is 0 Å². The molecule has 0 aliphatic rings. The molecular formula is C14H16N4O2. The van der Waals surface area contributed by atoms with Crippen molar-refractivity contribution in [3.05, 3.63) is 47.7 Å². The zero-order valence-corrected chi connectivity index (χ0v) is 11.1. The molecule has 1 amide bonds. The average molecular weight is 272 g/mol. The average Bonchev–Trinajstić information content (AvgIpc) is 2.49. The molecule has 2 aromatic rings. The standard InChI is InChI=1S/C14H16N4O2/c1-15-13-7-6-12(17-18-13)14(20)16-9-8-10-2-4-11(19)5-3-10/h2-7,19H,8-9H2,1H3,(H,15,18)(H,16,20). The van der Waals surface area contributed by atoms with Crippen molar-refractivity contribution in [3.63, 3.8) is 0 Å². The lowest BCUT2D eigenvalue weighted by Gasteiger charge is -2.05. The largest absolute Gasteiger partial charge is 0.508 e. The van der Waals surface area contributed by atoms with Gasteiger partial charge < -0.3 is 15.7 Å². The summed E-state index contributed by atoms with van der Waals surface area (Å²) in [5, 5.41) is 22.5. The molecule has 6 nitrogen and oxygen atoms in total. The van der Waals surface area contributed by atoms with Gasteiger partial charge in [0.1, 0.15) is 11.6 Å². The highest BCUT2D eigenvalue weighted by molar-refractivity contribution is 5.92. The Hall–Kier alpha value is -2.63. The summed E-state index contributed by atoms with van der Waals surface area (Å²) in [4.78, 5) is 11.8. The molecular weight excluding hydrogens is 256 g/mol. The van der Waals surface area contributed by atoms with E-state index >= 15 is 0 Å². The van der Waals surface area contributed by atoms with Crippen molar-refractivity contribution in [1.82, 2.24) is 15.5 Å². The predicted molar refractivity (Wildman–Crippen MR) is 75.7 cm³/mol. The van der Waals surface area contributed by atoms with Gasteiger partial charge in [-0.1, -0.05) is 12.1 Å². The minimum absolute atomic E-state index is 0.234. The van der Waals surface area contributed by atoms with E-state index in [0.717, 1.165) is 5.56 Å². The first-order valence-electron chi connectivity index (χ1n) is 6.26. The Labute approximate surface area is 116 Å². The minimum atomic E-state index is -0.251. The molecule has 104 valence electrons. The van der Waals surface area contributed by atoms with E-state index in [-0.39, 0.29) is 17.4 Å². The summed E-state index contributed by atoms with van der Waals surface area (Å²) in [5.41, 5.74) is 1.33. The Morgan fingerprint density at radius 2 is 1.90 bits per heavy atom. The number of aromatic hydroxyl groups is 1. The monoisotopic (exact) mass is 272 g/mol. The fraction of sp³-hybridized carbons (Fsp3) is 0.214. The second-order valence-corrected chi connectivity index (χ2v) is 4.23. The minimum Gasteiger partial charge on any atom is -0.508 e. The zero-order valence-electron chi connectivity index (χ0n) is 11.1. The Morgan fingerprint density at radius 3 is 2.50 bits per heavy atom. The van der Waals surface area contributed by atoms with Crippen molar-refractivity contribution >= 4 is 11.7 Å². The lowest BCUT2D eigenvalue weighted by Crippen LogP contribution is -2.26. The lowest BCUT2D eigenvalue weighted by atomic mass is 10.1. The first-order valence-corrected chi connectivity index (χ1v) is 6.26. The van der Waals surface area contributed by atoms with E-state index in [1.54, 1.807) is 31.3 Å². The molecule has 3 N–H and O–H groups in total. The Kier molecular flexibility index (Phi) is 4.49. The van der Waals surface area contributed by atoms with Crippen LogP contribution in [0.1, 0.15) is 16.1 Å². The highest BCUT2D eigenvalue weighted by atomic mass is 16.3. The van der Waals surface area contributed by atoms with Crippen LogP contribution in [0.4, 0.5) is 5.82 Å². The van der Waals surface area contributed by atoms with Crippen molar-refractivity contribution in [2.45, 2.75) is 6.42 Å². The molecule has 20 heavy (non-hydrogen) atoms. The number of hydrogen-bond acceptors (Lipinski definition) is 5. The quantitative estimate of drug-likeness (QED) is 0.761. The van der Waals surface area contributed by atoms with Gasteiger partial charge in [-0.05, 0) is 36.2 Å². The third-order valence-corrected chi connectivity index (χ3v) is 2.79. The van der Waals surface area contributed by atoms with Gasteiger partial charge in [-0.2, -0.15) is 0 Å². The lowest BCUT2D eigenvalue weighted by molar-refractivity contribution is 0.0948. The number of amides is 1. The van der Waals surface area contributed by atoms with Crippen LogP contribution in [-0.4, -0.2) is 34.8 Å². The van der Waals surface area contributed by atoms with Gasteiger partial charge in [0.15, 0.2) is 5.69 Å². The summed E-state index contributed by atoms with van der Waals surface area (Å²) in [5.74, 6) is 0.599. The molecule has 0 atom stereocenters. The third-order valence-electron chi connectivity index (χ3n) is 2.79. The molecule has 0 unspecified atom stereocenters. The number of aromatic nitrogens is 2. The normalized spacial score (nSPS) is 10.1. The summed E-state index contributed by atoms with van der Waals surface area (Å²) in [6.45, 7) is 0.499. The number of hydrogen-bond donors (Lipinski definition) is 3. The number of phenolic OH excluding ortho intramolecular Hbond substituents is 1. The molecule has 0 saturated heterocycles. The Morgan fingerprint density at radius 1 is 1.15 bits per heavy atom. The first kappa shape index (κ1) is 13.8. The molecule has 6 heteroatoms. The van der Waals surface area contributed by atoms with Crippen molar-refractivity contribution in [2.24, 2.45) is 0 Å². The molecule has 0 radical (unpaired) electrons. The molecule has 0 bridgehead atoms. The van der Waals surface area contributed by atoms with Gasteiger partial charge >= 0.3 is 0 Å². The van der Waals surface area contributed by atoms with E-state index in [1.165, 1.54) is 0 Å². The number of nitrogens with zero attached hydrogens (tertiary/aromatic N) is 2. The molecule has 0 aliphatic heterocycles. The van der Waals surface area contributed by atoms with Crippen LogP contribution in [0.15, 0.2) is 36.4 Å². The van der Waals surface area contributed by atoms with Crippen LogP contribution in [0.3, 0.4) is 0 Å². The van der Waals surface area contributed by atoms with Crippen LogP contribution in [0.5, 0.6) is 5.75 Å². The number of anilines is 1. The van der Waals surface area contributed by atoms with Crippen molar-refractivity contribution in [1.29, 1.82) is 0 Å². The van der Waals surface area contributed by atoms with E-state index in [1.807, 2.05) is 12.1 Å². The number of carbonyl (C=O) groups excluding carboxylic acids is 1. The molecule has 2 rings (SSSR count). The van der Waals surface area contributed by atoms with Crippen LogP contribution in [-0.2, 0) is 6.42 Å². The molecule has 1 aromatic heterocycles. The molecule has 0 fully saturated rings. The van der Waals surface area contributed by atoms with Gasteiger partial charge in [-0.25, -0.2) is 0 Å². The van der Waals surface area contributed by atoms with Crippen LogP contribution in [0.2, 0.25) is 0 Å².